The Hall–Kier alpha value is -2.33. The van der Waals surface area contributed by atoms with Crippen molar-refractivity contribution in [2.24, 2.45) is 0 Å². The van der Waals surface area contributed by atoms with Gasteiger partial charge in [-0.1, -0.05) is 42.5 Å². The van der Waals surface area contributed by atoms with E-state index in [1.807, 2.05) is 32.0 Å². The predicted octanol–water partition coefficient (Wildman–Crippen LogP) is 5.34. The third kappa shape index (κ3) is 4.40. The van der Waals surface area contributed by atoms with Crippen LogP contribution in [0.2, 0.25) is 0 Å². The highest BCUT2D eigenvalue weighted by Gasteiger charge is 2.17. The fraction of sp³-hybridized carbons (Fsp3) is 0.190. The van der Waals surface area contributed by atoms with Gasteiger partial charge in [0.1, 0.15) is 5.82 Å². The molecular formula is C21H20FNOS. The van der Waals surface area contributed by atoms with Gasteiger partial charge in [-0.05, 0) is 54.4 Å². The Bertz CT molecular complexity index is 878. The number of amides is 1. The largest absolute Gasteiger partial charge is 0.349 e. The maximum Gasteiger partial charge on any atom is 0.233 e. The van der Waals surface area contributed by atoms with Gasteiger partial charge in [0.2, 0.25) is 5.91 Å². The first-order valence-corrected chi connectivity index (χ1v) is 9.12. The molecule has 0 aromatic heterocycles. The summed E-state index contributed by atoms with van der Waals surface area (Å²) in [6.45, 7) is 3.80. The molecule has 0 saturated heterocycles. The van der Waals surface area contributed by atoms with Gasteiger partial charge >= 0.3 is 0 Å². The Morgan fingerprint density at radius 3 is 2.36 bits per heavy atom. The van der Waals surface area contributed by atoms with Gasteiger partial charge in [-0.2, -0.15) is 0 Å². The Morgan fingerprint density at radius 1 is 0.960 bits per heavy atom. The van der Waals surface area contributed by atoms with Crippen molar-refractivity contribution >= 4 is 28.4 Å². The molecule has 3 aromatic rings. The monoisotopic (exact) mass is 353 g/mol. The second-order valence-corrected chi connectivity index (χ2v) is 7.47. The van der Waals surface area contributed by atoms with E-state index in [1.165, 1.54) is 34.7 Å². The first-order valence-electron chi connectivity index (χ1n) is 8.24. The summed E-state index contributed by atoms with van der Waals surface area (Å²) in [4.78, 5) is 13.5. The molecule has 128 valence electrons. The molecule has 0 spiro atoms. The van der Waals surface area contributed by atoms with Crippen LogP contribution in [0.1, 0.15) is 25.5 Å². The van der Waals surface area contributed by atoms with Crippen molar-refractivity contribution in [1.29, 1.82) is 0 Å². The predicted molar refractivity (Wildman–Crippen MR) is 102 cm³/mol. The van der Waals surface area contributed by atoms with Crippen molar-refractivity contribution in [3.63, 3.8) is 0 Å². The van der Waals surface area contributed by atoms with Gasteiger partial charge in [-0.3, -0.25) is 4.79 Å². The summed E-state index contributed by atoms with van der Waals surface area (Å²) >= 11 is 1.53. The molecule has 0 aliphatic carbocycles. The Kier molecular flexibility index (Phi) is 5.39. The van der Waals surface area contributed by atoms with E-state index < -0.39 is 0 Å². The standard InChI is InChI=1S/C21H20FNOS/c1-14(16-7-10-19(22)11-8-16)23-21(24)15(2)25-20-12-9-17-5-3-4-6-18(17)13-20/h3-15H,1-2H3,(H,23,24)/t14-,15+/m0/s1. The normalized spacial score (nSPS) is 13.4. The number of benzene rings is 3. The molecule has 0 aliphatic heterocycles. The minimum Gasteiger partial charge on any atom is -0.349 e. The summed E-state index contributed by atoms with van der Waals surface area (Å²) in [6.07, 6.45) is 0. The maximum atomic E-state index is 13.0. The van der Waals surface area contributed by atoms with Crippen molar-refractivity contribution in [2.45, 2.75) is 30.0 Å². The van der Waals surface area contributed by atoms with Gasteiger partial charge in [0.05, 0.1) is 11.3 Å². The molecule has 0 aliphatic rings. The van der Waals surface area contributed by atoms with Gasteiger partial charge in [-0.25, -0.2) is 4.39 Å². The number of fused-ring (bicyclic) bond motifs is 1. The van der Waals surface area contributed by atoms with Gasteiger partial charge in [0, 0.05) is 4.90 Å². The van der Waals surface area contributed by atoms with E-state index in [-0.39, 0.29) is 23.0 Å². The van der Waals surface area contributed by atoms with Crippen LogP contribution in [0.4, 0.5) is 4.39 Å². The summed E-state index contributed by atoms with van der Waals surface area (Å²) in [5, 5.41) is 5.13. The van der Waals surface area contributed by atoms with Crippen LogP contribution in [0.5, 0.6) is 0 Å². The molecule has 0 heterocycles. The van der Waals surface area contributed by atoms with Crippen LogP contribution in [-0.4, -0.2) is 11.2 Å². The molecule has 0 saturated carbocycles. The summed E-state index contributed by atoms with van der Waals surface area (Å²) in [5.41, 5.74) is 0.887. The molecule has 1 amide bonds. The minimum absolute atomic E-state index is 0.0324. The SMILES string of the molecule is C[C@H](NC(=O)[C@@H](C)Sc1ccc2ccccc2c1)c1ccc(F)cc1. The number of carbonyl (C=O) groups excluding carboxylic acids is 1. The number of halogens is 1. The first kappa shape index (κ1) is 17.5. The van der Waals surface area contributed by atoms with E-state index >= 15 is 0 Å². The number of thioether (sulfide) groups is 1. The molecule has 0 unspecified atom stereocenters. The number of carbonyl (C=O) groups is 1. The van der Waals surface area contributed by atoms with Gasteiger partial charge in [0.15, 0.2) is 0 Å². The molecule has 2 nitrogen and oxygen atoms in total. The zero-order valence-electron chi connectivity index (χ0n) is 14.2. The van der Waals surface area contributed by atoms with E-state index in [0.29, 0.717) is 0 Å². The molecule has 3 aromatic carbocycles. The number of rotatable bonds is 5. The fourth-order valence-corrected chi connectivity index (χ4v) is 3.59. The van der Waals surface area contributed by atoms with Crippen molar-refractivity contribution < 1.29 is 9.18 Å². The van der Waals surface area contributed by atoms with Crippen LogP contribution >= 0.6 is 11.8 Å². The van der Waals surface area contributed by atoms with E-state index in [4.69, 9.17) is 0 Å². The Morgan fingerprint density at radius 2 is 1.64 bits per heavy atom. The zero-order valence-corrected chi connectivity index (χ0v) is 15.0. The average molecular weight is 353 g/mol. The van der Waals surface area contributed by atoms with Gasteiger partial charge in [-0.15, -0.1) is 11.8 Å². The third-order valence-electron chi connectivity index (χ3n) is 4.13. The lowest BCUT2D eigenvalue weighted by Gasteiger charge is -2.18. The molecule has 2 atom stereocenters. The van der Waals surface area contributed by atoms with Gasteiger partial charge < -0.3 is 5.32 Å². The molecule has 25 heavy (non-hydrogen) atoms. The smallest absolute Gasteiger partial charge is 0.233 e. The molecule has 0 radical (unpaired) electrons. The molecule has 1 N–H and O–H groups in total. The fourth-order valence-electron chi connectivity index (χ4n) is 2.66. The van der Waals surface area contributed by atoms with E-state index in [9.17, 15) is 9.18 Å². The topological polar surface area (TPSA) is 29.1 Å². The van der Waals surface area contributed by atoms with Gasteiger partial charge in [0.25, 0.3) is 0 Å². The summed E-state index contributed by atoms with van der Waals surface area (Å²) in [5.74, 6) is -0.308. The second-order valence-electron chi connectivity index (χ2n) is 6.05. The second kappa shape index (κ2) is 7.70. The van der Waals surface area contributed by atoms with Crippen LogP contribution < -0.4 is 5.32 Å². The van der Waals surface area contributed by atoms with Crippen LogP contribution in [0.3, 0.4) is 0 Å². The highest BCUT2D eigenvalue weighted by molar-refractivity contribution is 8.00. The molecule has 0 fully saturated rings. The highest BCUT2D eigenvalue weighted by atomic mass is 32.2. The molecule has 4 heteroatoms. The maximum absolute atomic E-state index is 13.0. The van der Waals surface area contributed by atoms with Crippen LogP contribution in [0.15, 0.2) is 71.6 Å². The van der Waals surface area contributed by atoms with Crippen LogP contribution in [-0.2, 0) is 4.79 Å². The van der Waals surface area contributed by atoms with Crippen molar-refractivity contribution in [1.82, 2.24) is 5.32 Å². The van der Waals surface area contributed by atoms with E-state index in [1.54, 1.807) is 12.1 Å². The molecular weight excluding hydrogens is 333 g/mol. The van der Waals surface area contributed by atoms with Crippen molar-refractivity contribution in [3.8, 4) is 0 Å². The Labute approximate surface area is 151 Å². The van der Waals surface area contributed by atoms with Crippen molar-refractivity contribution in [2.75, 3.05) is 0 Å². The summed E-state index contributed by atoms with van der Waals surface area (Å²) in [7, 11) is 0. The van der Waals surface area contributed by atoms with Crippen LogP contribution in [0, 0.1) is 5.82 Å². The quantitative estimate of drug-likeness (QED) is 0.628. The first-order chi connectivity index (χ1) is 12.0. The lowest BCUT2D eigenvalue weighted by atomic mass is 10.1. The minimum atomic E-state index is -0.275. The summed E-state index contributed by atoms with van der Waals surface area (Å²) < 4.78 is 13.0. The highest BCUT2D eigenvalue weighted by Crippen LogP contribution is 2.27. The van der Waals surface area contributed by atoms with E-state index in [2.05, 4.69) is 29.6 Å². The van der Waals surface area contributed by atoms with Crippen LogP contribution in [0.25, 0.3) is 10.8 Å². The molecule has 3 rings (SSSR count). The van der Waals surface area contributed by atoms with Crippen molar-refractivity contribution in [3.05, 3.63) is 78.1 Å². The third-order valence-corrected chi connectivity index (χ3v) is 5.23. The Balaban J connectivity index is 1.64. The number of nitrogens with one attached hydrogen (secondary N) is 1. The lowest BCUT2D eigenvalue weighted by Crippen LogP contribution is -2.33. The summed E-state index contributed by atoms with van der Waals surface area (Å²) in [6, 6.07) is 20.4. The zero-order chi connectivity index (χ0) is 17.8. The number of hydrogen-bond donors (Lipinski definition) is 1. The lowest BCUT2D eigenvalue weighted by molar-refractivity contribution is -0.120. The average Bonchev–Trinajstić information content (AvgIpc) is 2.62. The van der Waals surface area contributed by atoms with E-state index in [0.717, 1.165) is 10.5 Å². The molecule has 0 bridgehead atoms. The number of hydrogen-bond acceptors (Lipinski definition) is 2.